The molecule has 0 fully saturated rings. The van der Waals surface area contributed by atoms with Crippen LogP contribution in [0.3, 0.4) is 0 Å². The molecular weight excluding hydrogens is 226 g/mol. The summed E-state index contributed by atoms with van der Waals surface area (Å²) in [5, 5.41) is 2.63. The van der Waals surface area contributed by atoms with Gasteiger partial charge in [-0.1, -0.05) is 18.2 Å². The summed E-state index contributed by atoms with van der Waals surface area (Å²) in [4.78, 5) is 11.5. The van der Waals surface area contributed by atoms with E-state index >= 15 is 0 Å². The van der Waals surface area contributed by atoms with Crippen LogP contribution in [0.4, 0.5) is 5.69 Å². The van der Waals surface area contributed by atoms with Crippen LogP contribution < -0.4 is 5.56 Å². The predicted molar refractivity (Wildman–Crippen MR) is 61.4 cm³/mol. The van der Waals surface area contributed by atoms with Crippen molar-refractivity contribution in [3.63, 3.8) is 0 Å². The fourth-order valence-corrected chi connectivity index (χ4v) is 1.78. The average Bonchev–Trinajstić information content (AvgIpc) is 2.59. The third kappa shape index (κ3) is 1.74. The Morgan fingerprint density at radius 3 is 2.62 bits per heavy atom. The Morgan fingerprint density at radius 2 is 2.00 bits per heavy atom. The van der Waals surface area contributed by atoms with Gasteiger partial charge in [-0.05, 0) is 19.1 Å². The van der Waals surface area contributed by atoms with Gasteiger partial charge in [0.15, 0.2) is 5.69 Å². The zero-order valence-electron chi connectivity index (χ0n) is 8.51. The van der Waals surface area contributed by atoms with Crippen LogP contribution in [0.1, 0.15) is 5.69 Å². The summed E-state index contributed by atoms with van der Waals surface area (Å²) in [6.45, 7) is 1.74. The van der Waals surface area contributed by atoms with Crippen LogP contribution >= 0.6 is 0 Å². The Labute approximate surface area is 95.0 Å². The first-order chi connectivity index (χ1) is 7.74. The van der Waals surface area contributed by atoms with Gasteiger partial charge in [0.1, 0.15) is 0 Å². The smallest absolute Gasteiger partial charge is 0.265 e. The molecule has 1 heterocycles. The van der Waals surface area contributed by atoms with Crippen LogP contribution in [-0.2, 0) is 11.5 Å². The highest BCUT2D eigenvalue weighted by molar-refractivity contribution is 7.54. The number of hydrogen-bond acceptors (Lipinski definition) is 3. The quantitative estimate of drug-likeness (QED) is 0.857. The van der Waals surface area contributed by atoms with E-state index in [1.54, 1.807) is 11.6 Å². The van der Waals surface area contributed by atoms with Gasteiger partial charge in [0.25, 0.3) is 5.56 Å². The highest BCUT2D eigenvalue weighted by atomic mass is 32.1. The van der Waals surface area contributed by atoms with E-state index < -0.39 is 0 Å². The number of rotatable bonds is 2. The van der Waals surface area contributed by atoms with Crippen molar-refractivity contribution < 1.29 is 4.21 Å². The molecule has 2 rings (SSSR count). The van der Waals surface area contributed by atoms with Gasteiger partial charge in [-0.15, -0.1) is 4.36 Å². The first-order valence-corrected chi connectivity index (χ1v) is 5.31. The van der Waals surface area contributed by atoms with E-state index in [4.69, 9.17) is 0 Å². The van der Waals surface area contributed by atoms with Crippen LogP contribution in [-0.4, -0.2) is 14.0 Å². The molecule has 0 saturated heterocycles. The second-order valence-corrected chi connectivity index (χ2v) is 3.54. The Hall–Kier alpha value is -1.95. The van der Waals surface area contributed by atoms with Crippen LogP contribution in [0.25, 0.3) is 5.69 Å². The van der Waals surface area contributed by atoms with Gasteiger partial charge < -0.3 is 0 Å². The Kier molecular flexibility index (Phi) is 2.82. The van der Waals surface area contributed by atoms with Crippen molar-refractivity contribution in [3.05, 3.63) is 46.4 Å². The Bertz CT molecular complexity index is 609. The summed E-state index contributed by atoms with van der Waals surface area (Å²) in [6.07, 6.45) is 0. The molecule has 6 heteroatoms. The van der Waals surface area contributed by atoms with Gasteiger partial charge >= 0.3 is 0 Å². The number of aromatic nitrogens is 2. The lowest BCUT2D eigenvalue weighted by Gasteiger charge is -2.03. The molecule has 1 N–H and O–H groups in total. The standard InChI is InChI=1S/C10H9N3O2S/c1-7-9(12-16-15)10(14)11-13(7)8-5-3-2-4-6-8/h2-6H,1H3,(H,11,14). The topological polar surface area (TPSA) is 67.2 Å². The molecule has 1 aromatic carbocycles. The van der Waals surface area contributed by atoms with Crippen molar-refractivity contribution in [2.75, 3.05) is 0 Å². The number of benzene rings is 1. The molecular formula is C10H9N3O2S. The lowest BCUT2D eigenvalue weighted by atomic mass is 10.3. The lowest BCUT2D eigenvalue weighted by molar-refractivity contribution is 0.698. The normalized spacial score (nSPS) is 10.1. The molecule has 16 heavy (non-hydrogen) atoms. The Balaban J connectivity index is 2.65. The molecule has 5 nitrogen and oxygen atoms in total. The van der Waals surface area contributed by atoms with Gasteiger partial charge in [-0.3, -0.25) is 14.6 Å². The maximum absolute atomic E-state index is 11.5. The minimum atomic E-state index is -0.357. The van der Waals surface area contributed by atoms with Gasteiger partial charge in [0.05, 0.1) is 11.4 Å². The molecule has 0 unspecified atom stereocenters. The monoisotopic (exact) mass is 235 g/mol. The predicted octanol–water partition coefficient (Wildman–Crippen LogP) is 1.50. The van der Waals surface area contributed by atoms with Crippen molar-refractivity contribution >= 4 is 17.2 Å². The van der Waals surface area contributed by atoms with Crippen molar-refractivity contribution in [2.24, 2.45) is 4.36 Å². The molecule has 0 aliphatic heterocycles. The minimum Gasteiger partial charge on any atom is -0.265 e. The summed E-state index contributed by atoms with van der Waals surface area (Å²) in [5.74, 6) is 0. The fraction of sp³-hybridized carbons (Fsp3) is 0.100. The van der Waals surface area contributed by atoms with Crippen LogP contribution in [0, 0.1) is 6.92 Å². The molecule has 0 bridgehead atoms. The van der Waals surface area contributed by atoms with Crippen molar-refractivity contribution in [1.29, 1.82) is 0 Å². The van der Waals surface area contributed by atoms with Gasteiger partial charge in [-0.2, -0.15) is 4.21 Å². The maximum atomic E-state index is 11.5. The van der Waals surface area contributed by atoms with Crippen LogP contribution in [0.5, 0.6) is 0 Å². The summed E-state index contributed by atoms with van der Waals surface area (Å²) in [7, 11) is 0. The molecule has 0 amide bonds. The van der Waals surface area contributed by atoms with E-state index in [-0.39, 0.29) is 22.7 Å². The molecule has 0 aliphatic carbocycles. The highest BCUT2D eigenvalue weighted by Gasteiger charge is 2.10. The maximum Gasteiger partial charge on any atom is 0.291 e. The number of H-pyrrole nitrogens is 1. The summed E-state index contributed by atoms with van der Waals surface area (Å²) >= 11 is 0.0332. The second kappa shape index (κ2) is 4.28. The number of aromatic amines is 1. The molecule has 0 spiro atoms. The van der Waals surface area contributed by atoms with E-state index in [1.165, 1.54) is 0 Å². The SMILES string of the molecule is Cc1c(N=S=O)c(=O)[nH]n1-c1ccccc1. The zero-order valence-corrected chi connectivity index (χ0v) is 9.32. The van der Waals surface area contributed by atoms with Crippen LogP contribution in [0.2, 0.25) is 0 Å². The highest BCUT2D eigenvalue weighted by Crippen LogP contribution is 2.16. The Morgan fingerprint density at radius 1 is 1.31 bits per heavy atom. The van der Waals surface area contributed by atoms with Crippen molar-refractivity contribution in [2.45, 2.75) is 6.92 Å². The third-order valence-electron chi connectivity index (χ3n) is 2.25. The van der Waals surface area contributed by atoms with Crippen molar-refractivity contribution in [1.82, 2.24) is 9.78 Å². The third-order valence-corrected chi connectivity index (χ3v) is 2.51. The summed E-state index contributed by atoms with van der Waals surface area (Å²) < 4.78 is 15.5. The fourth-order valence-electron chi connectivity index (χ4n) is 1.49. The van der Waals surface area contributed by atoms with Gasteiger partial charge in [0.2, 0.25) is 11.5 Å². The number of nitrogens with one attached hydrogen (secondary N) is 1. The number of para-hydroxylation sites is 1. The van der Waals surface area contributed by atoms with E-state index in [2.05, 4.69) is 9.46 Å². The average molecular weight is 235 g/mol. The minimum absolute atomic E-state index is 0.0332. The first kappa shape index (κ1) is 10.6. The van der Waals surface area contributed by atoms with E-state index in [0.717, 1.165) is 5.69 Å². The lowest BCUT2D eigenvalue weighted by Crippen LogP contribution is -2.04. The number of nitrogens with zero attached hydrogens (tertiary/aromatic N) is 2. The summed E-state index contributed by atoms with van der Waals surface area (Å²) in [5.41, 5.74) is 1.27. The molecule has 0 saturated carbocycles. The van der Waals surface area contributed by atoms with E-state index in [0.29, 0.717) is 5.69 Å². The van der Waals surface area contributed by atoms with Gasteiger partial charge in [-0.25, -0.2) is 0 Å². The number of hydrogen-bond donors (Lipinski definition) is 1. The largest absolute Gasteiger partial charge is 0.291 e. The van der Waals surface area contributed by atoms with Gasteiger partial charge in [0, 0.05) is 0 Å². The molecule has 0 aliphatic rings. The summed E-state index contributed by atoms with van der Waals surface area (Å²) in [6, 6.07) is 9.34. The van der Waals surface area contributed by atoms with E-state index in [1.807, 2.05) is 30.3 Å². The molecule has 0 atom stereocenters. The second-order valence-electron chi connectivity index (χ2n) is 3.21. The van der Waals surface area contributed by atoms with Crippen molar-refractivity contribution in [3.8, 4) is 5.69 Å². The zero-order chi connectivity index (χ0) is 11.5. The molecule has 82 valence electrons. The van der Waals surface area contributed by atoms with Crippen LogP contribution in [0.15, 0.2) is 39.5 Å². The molecule has 1 aromatic heterocycles. The molecule has 0 radical (unpaired) electrons. The van der Waals surface area contributed by atoms with E-state index in [9.17, 15) is 9.00 Å². The first-order valence-electron chi connectivity index (χ1n) is 4.61. The molecule has 2 aromatic rings.